The maximum absolute atomic E-state index is 12.7. The second-order valence-electron chi connectivity index (χ2n) is 6.68. The van der Waals surface area contributed by atoms with Crippen molar-refractivity contribution in [3.05, 3.63) is 71.3 Å². The molecule has 0 radical (unpaired) electrons. The molecule has 0 saturated carbocycles. The molecule has 0 bridgehead atoms. The van der Waals surface area contributed by atoms with Crippen molar-refractivity contribution in [2.45, 2.75) is 25.9 Å². The highest BCUT2D eigenvalue weighted by Crippen LogP contribution is 2.39. The summed E-state index contributed by atoms with van der Waals surface area (Å²) in [5.41, 5.74) is 2.65. The second kappa shape index (κ2) is 7.61. The maximum atomic E-state index is 12.7. The van der Waals surface area contributed by atoms with Crippen molar-refractivity contribution in [3.63, 3.8) is 0 Å². The van der Waals surface area contributed by atoms with Gasteiger partial charge >= 0.3 is 0 Å². The number of rotatable bonds is 6. The summed E-state index contributed by atoms with van der Waals surface area (Å²) in [5, 5.41) is 10.4. The molecule has 1 aliphatic heterocycles. The van der Waals surface area contributed by atoms with Crippen LogP contribution in [-0.4, -0.2) is 40.8 Å². The van der Waals surface area contributed by atoms with Gasteiger partial charge in [0.05, 0.1) is 23.9 Å². The molecular weight excluding hydrogens is 342 g/mol. The third kappa shape index (κ3) is 3.56. The van der Waals surface area contributed by atoms with E-state index in [1.807, 2.05) is 55.4 Å². The van der Waals surface area contributed by atoms with Crippen LogP contribution >= 0.6 is 0 Å². The molecule has 3 rings (SSSR count). The van der Waals surface area contributed by atoms with Gasteiger partial charge in [-0.15, -0.1) is 0 Å². The Labute approximate surface area is 158 Å². The van der Waals surface area contributed by atoms with Crippen molar-refractivity contribution in [2.24, 2.45) is 0 Å². The van der Waals surface area contributed by atoms with Gasteiger partial charge in [-0.1, -0.05) is 25.1 Å². The SMILES string of the molecule is CCC(=O)C1=C(O)C(=O)N(Cc2ccccn2)C1c1ccc(N(C)C)cc1. The van der Waals surface area contributed by atoms with E-state index in [1.165, 1.54) is 4.90 Å². The fourth-order valence-electron chi connectivity index (χ4n) is 3.26. The largest absolute Gasteiger partial charge is 0.503 e. The van der Waals surface area contributed by atoms with E-state index in [4.69, 9.17) is 0 Å². The third-order valence-electron chi connectivity index (χ3n) is 4.71. The van der Waals surface area contributed by atoms with Gasteiger partial charge in [-0.3, -0.25) is 14.6 Å². The summed E-state index contributed by atoms with van der Waals surface area (Å²) in [6.45, 7) is 1.94. The fraction of sp³-hybridized carbons (Fsp3) is 0.286. The number of aromatic nitrogens is 1. The van der Waals surface area contributed by atoms with E-state index in [0.29, 0.717) is 5.69 Å². The zero-order chi connectivity index (χ0) is 19.6. The van der Waals surface area contributed by atoms with Crippen molar-refractivity contribution in [3.8, 4) is 0 Å². The number of nitrogens with zero attached hydrogens (tertiary/aromatic N) is 3. The Kier molecular flexibility index (Phi) is 5.26. The smallest absolute Gasteiger partial charge is 0.290 e. The van der Waals surface area contributed by atoms with Gasteiger partial charge in [0.15, 0.2) is 11.5 Å². The molecule has 0 saturated heterocycles. The van der Waals surface area contributed by atoms with E-state index < -0.39 is 17.7 Å². The van der Waals surface area contributed by atoms with Crippen LogP contribution in [0.25, 0.3) is 0 Å². The zero-order valence-corrected chi connectivity index (χ0v) is 15.7. The van der Waals surface area contributed by atoms with Crippen LogP contribution in [0.4, 0.5) is 5.69 Å². The number of ketones is 1. The number of pyridine rings is 1. The summed E-state index contributed by atoms with van der Waals surface area (Å²) in [4.78, 5) is 33.0. The predicted octanol–water partition coefficient (Wildman–Crippen LogP) is 3.02. The first-order valence-corrected chi connectivity index (χ1v) is 8.88. The van der Waals surface area contributed by atoms with Crippen LogP contribution < -0.4 is 4.90 Å². The van der Waals surface area contributed by atoms with Crippen LogP contribution in [0.15, 0.2) is 60.0 Å². The number of hydrogen-bond acceptors (Lipinski definition) is 5. The number of Topliss-reactive ketones (excluding diaryl/α,β-unsaturated/α-hetero) is 1. The van der Waals surface area contributed by atoms with Gasteiger partial charge in [0.2, 0.25) is 0 Å². The molecule has 0 aliphatic carbocycles. The number of benzene rings is 1. The summed E-state index contributed by atoms with van der Waals surface area (Å²) in [6.07, 6.45) is 1.87. The highest BCUT2D eigenvalue weighted by Gasteiger charge is 2.43. The first-order chi connectivity index (χ1) is 12.9. The van der Waals surface area contributed by atoms with Crippen molar-refractivity contribution in [1.82, 2.24) is 9.88 Å². The van der Waals surface area contributed by atoms with Gasteiger partial charge in [0.1, 0.15) is 0 Å². The second-order valence-corrected chi connectivity index (χ2v) is 6.68. The van der Waals surface area contributed by atoms with Gasteiger partial charge < -0.3 is 14.9 Å². The molecule has 6 heteroatoms. The summed E-state index contributed by atoms with van der Waals surface area (Å²) in [7, 11) is 3.89. The molecule has 1 aromatic carbocycles. The Morgan fingerprint density at radius 3 is 2.44 bits per heavy atom. The van der Waals surface area contributed by atoms with Crippen molar-refractivity contribution < 1.29 is 14.7 Å². The molecular formula is C21H23N3O3. The number of carbonyl (C=O) groups is 2. The molecule has 1 aromatic heterocycles. The van der Waals surface area contributed by atoms with Gasteiger partial charge in [-0.25, -0.2) is 0 Å². The average molecular weight is 365 g/mol. The molecule has 0 fully saturated rings. The number of amides is 1. The Balaban J connectivity index is 2.04. The van der Waals surface area contributed by atoms with E-state index in [9.17, 15) is 14.7 Å². The number of carbonyl (C=O) groups excluding carboxylic acids is 2. The Hall–Kier alpha value is -3.15. The minimum atomic E-state index is -0.622. The molecule has 1 amide bonds. The van der Waals surface area contributed by atoms with E-state index in [2.05, 4.69) is 4.98 Å². The molecule has 1 N–H and O–H groups in total. The summed E-state index contributed by atoms with van der Waals surface area (Å²) in [6, 6.07) is 12.5. The van der Waals surface area contributed by atoms with Gasteiger partial charge in [-0.2, -0.15) is 0 Å². The minimum absolute atomic E-state index is 0.163. The standard InChI is InChI=1S/C21H23N3O3/c1-4-17(25)18-19(14-8-10-16(11-9-14)23(2)3)24(21(27)20(18)26)13-15-7-5-6-12-22-15/h5-12,19,26H,4,13H2,1-3H3. The number of aliphatic hydroxyl groups is 1. The topological polar surface area (TPSA) is 73.7 Å². The van der Waals surface area contributed by atoms with E-state index in [1.54, 1.807) is 19.2 Å². The summed E-state index contributed by atoms with van der Waals surface area (Å²) >= 11 is 0. The molecule has 6 nitrogen and oxygen atoms in total. The van der Waals surface area contributed by atoms with Crippen LogP contribution in [0.3, 0.4) is 0 Å². The lowest BCUT2D eigenvalue weighted by Gasteiger charge is -2.27. The third-order valence-corrected chi connectivity index (χ3v) is 4.71. The predicted molar refractivity (Wildman–Crippen MR) is 103 cm³/mol. The summed E-state index contributed by atoms with van der Waals surface area (Å²) < 4.78 is 0. The molecule has 1 aliphatic rings. The average Bonchev–Trinajstić information content (AvgIpc) is 2.93. The van der Waals surface area contributed by atoms with Crippen LogP contribution in [0.5, 0.6) is 0 Å². The van der Waals surface area contributed by atoms with Crippen LogP contribution in [0.1, 0.15) is 30.6 Å². The van der Waals surface area contributed by atoms with Crippen molar-refractivity contribution in [1.29, 1.82) is 0 Å². The zero-order valence-electron chi connectivity index (χ0n) is 15.7. The molecule has 27 heavy (non-hydrogen) atoms. The van der Waals surface area contributed by atoms with Crippen molar-refractivity contribution >= 4 is 17.4 Å². The Morgan fingerprint density at radius 1 is 1.19 bits per heavy atom. The monoisotopic (exact) mass is 365 g/mol. The molecule has 1 unspecified atom stereocenters. The first kappa shape index (κ1) is 18.6. The number of anilines is 1. The van der Waals surface area contributed by atoms with Crippen LogP contribution in [0.2, 0.25) is 0 Å². The van der Waals surface area contributed by atoms with Crippen LogP contribution in [0, 0.1) is 0 Å². The molecule has 1 atom stereocenters. The molecule has 2 heterocycles. The molecule has 140 valence electrons. The molecule has 2 aromatic rings. The lowest BCUT2D eigenvalue weighted by molar-refractivity contribution is -0.130. The van der Waals surface area contributed by atoms with Crippen molar-refractivity contribution in [2.75, 3.05) is 19.0 Å². The molecule has 0 spiro atoms. The van der Waals surface area contributed by atoms with E-state index in [0.717, 1.165) is 11.3 Å². The number of hydrogen-bond donors (Lipinski definition) is 1. The van der Waals surface area contributed by atoms with Gasteiger partial charge in [0.25, 0.3) is 5.91 Å². The first-order valence-electron chi connectivity index (χ1n) is 8.88. The van der Waals surface area contributed by atoms with E-state index >= 15 is 0 Å². The maximum Gasteiger partial charge on any atom is 0.290 e. The Bertz CT molecular complexity index is 873. The fourth-order valence-corrected chi connectivity index (χ4v) is 3.26. The number of aliphatic hydroxyl groups excluding tert-OH is 1. The van der Waals surface area contributed by atoms with Gasteiger partial charge in [0, 0.05) is 32.4 Å². The van der Waals surface area contributed by atoms with Crippen LogP contribution in [-0.2, 0) is 16.1 Å². The highest BCUT2D eigenvalue weighted by molar-refractivity contribution is 6.08. The lowest BCUT2D eigenvalue weighted by atomic mass is 9.95. The normalized spacial score (nSPS) is 16.8. The Morgan fingerprint density at radius 2 is 1.89 bits per heavy atom. The minimum Gasteiger partial charge on any atom is -0.503 e. The lowest BCUT2D eigenvalue weighted by Crippen LogP contribution is -2.31. The quantitative estimate of drug-likeness (QED) is 0.852. The van der Waals surface area contributed by atoms with E-state index in [-0.39, 0.29) is 24.3 Å². The van der Waals surface area contributed by atoms with Gasteiger partial charge in [-0.05, 0) is 29.8 Å². The summed E-state index contributed by atoms with van der Waals surface area (Å²) in [5.74, 6) is -1.23. The highest BCUT2D eigenvalue weighted by atomic mass is 16.3.